The molecule has 31 heavy (non-hydrogen) atoms. The summed E-state index contributed by atoms with van der Waals surface area (Å²) in [4.78, 5) is 16.4. The van der Waals surface area contributed by atoms with E-state index in [0.717, 1.165) is 27.7 Å². The molecule has 0 saturated carbocycles. The van der Waals surface area contributed by atoms with E-state index in [1.807, 2.05) is 67.7 Å². The minimum absolute atomic E-state index is 0.140. The van der Waals surface area contributed by atoms with Gasteiger partial charge in [0.15, 0.2) is 0 Å². The Labute approximate surface area is 180 Å². The van der Waals surface area contributed by atoms with Gasteiger partial charge in [-0.2, -0.15) is 10.4 Å². The fraction of sp³-hybridized carbons (Fsp3) is 0.167. The quantitative estimate of drug-likeness (QED) is 0.466. The van der Waals surface area contributed by atoms with E-state index in [1.54, 1.807) is 17.1 Å². The number of aromatic nitrogens is 4. The summed E-state index contributed by atoms with van der Waals surface area (Å²) in [5.41, 5.74) is 3.92. The normalized spacial score (nSPS) is 12.1. The van der Waals surface area contributed by atoms with Crippen LogP contribution in [0.25, 0.3) is 22.7 Å². The molecular formula is C24H22N6O. The van der Waals surface area contributed by atoms with Crippen molar-refractivity contribution in [2.24, 2.45) is 0 Å². The second-order valence-electron chi connectivity index (χ2n) is 7.20. The highest BCUT2D eigenvalue weighted by Crippen LogP contribution is 2.23. The zero-order chi connectivity index (χ0) is 21.6. The predicted octanol–water partition coefficient (Wildman–Crippen LogP) is 4.03. The van der Waals surface area contributed by atoms with Gasteiger partial charge in [0.2, 0.25) is 5.91 Å². The summed E-state index contributed by atoms with van der Waals surface area (Å²) in [6, 6.07) is 17.8. The molecule has 4 aromatic rings. The molecule has 2 aromatic carbocycles. The van der Waals surface area contributed by atoms with Crippen molar-refractivity contribution in [2.45, 2.75) is 25.9 Å². The van der Waals surface area contributed by atoms with Crippen LogP contribution in [0.2, 0.25) is 0 Å². The summed E-state index contributed by atoms with van der Waals surface area (Å²) in [7, 11) is 0. The van der Waals surface area contributed by atoms with Crippen LogP contribution in [0.3, 0.4) is 0 Å². The molecule has 1 atom stereocenters. The van der Waals surface area contributed by atoms with Gasteiger partial charge in [0.05, 0.1) is 24.2 Å². The van der Waals surface area contributed by atoms with E-state index in [0.29, 0.717) is 13.0 Å². The van der Waals surface area contributed by atoms with E-state index < -0.39 is 0 Å². The van der Waals surface area contributed by atoms with Gasteiger partial charge in [-0.3, -0.25) is 4.79 Å². The summed E-state index contributed by atoms with van der Waals surface area (Å²) >= 11 is 0. The molecular weight excluding hydrogens is 388 g/mol. The van der Waals surface area contributed by atoms with Crippen LogP contribution < -0.4 is 5.32 Å². The standard InChI is InChI=1S/C24H22N6O/c1-18(19-7-10-21(11-8-19)30-17-26-16-27-30)28-24(31)12-9-20-15-29(14-4-13-25)23-6-3-2-5-22(20)23/h2-3,5-12,15-18H,4,14H2,1H3,(H,28,31)/b12-9+. The zero-order valence-electron chi connectivity index (χ0n) is 17.1. The first-order chi connectivity index (χ1) is 15.2. The van der Waals surface area contributed by atoms with Gasteiger partial charge in [-0.05, 0) is 36.8 Å². The first-order valence-electron chi connectivity index (χ1n) is 10.0. The van der Waals surface area contributed by atoms with Crippen molar-refractivity contribution in [1.29, 1.82) is 5.26 Å². The number of amides is 1. The highest BCUT2D eigenvalue weighted by Gasteiger charge is 2.09. The van der Waals surface area contributed by atoms with Crippen LogP contribution in [0.5, 0.6) is 0 Å². The zero-order valence-corrected chi connectivity index (χ0v) is 17.1. The minimum atomic E-state index is -0.165. The van der Waals surface area contributed by atoms with Crippen LogP contribution in [0.1, 0.15) is 30.5 Å². The topological polar surface area (TPSA) is 88.5 Å². The van der Waals surface area contributed by atoms with E-state index in [1.165, 1.54) is 6.33 Å². The number of hydrogen-bond acceptors (Lipinski definition) is 4. The number of carbonyl (C=O) groups excluding carboxylic acids is 1. The van der Waals surface area contributed by atoms with E-state index in [-0.39, 0.29) is 11.9 Å². The lowest BCUT2D eigenvalue weighted by molar-refractivity contribution is -0.117. The molecule has 0 aliphatic carbocycles. The van der Waals surface area contributed by atoms with Crippen LogP contribution in [0.4, 0.5) is 0 Å². The van der Waals surface area contributed by atoms with Crippen molar-refractivity contribution >= 4 is 22.9 Å². The van der Waals surface area contributed by atoms with E-state index >= 15 is 0 Å². The number of fused-ring (bicyclic) bond motifs is 1. The molecule has 154 valence electrons. The van der Waals surface area contributed by atoms with Crippen LogP contribution in [0.15, 0.2) is 73.5 Å². The van der Waals surface area contributed by atoms with Crippen LogP contribution in [-0.4, -0.2) is 25.2 Å². The van der Waals surface area contributed by atoms with E-state index in [2.05, 4.69) is 26.0 Å². The second-order valence-corrected chi connectivity index (χ2v) is 7.20. The lowest BCUT2D eigenvalue weighted by Crippen LogP contribution is -2.24. The molecule has 4 rings (SSSR count). The van der Waals surface area contributed by atoms with Gasteiger partial charge in [0.1, 0.15) is 12.7 Å². The highest BCUT2D eigenvalue weighted by molar-refractivity contribution is 5.96. The van der Waals surface area contributed by atoms with Gasteiger partial charge in [-0.25, -0.2) is 9.67 Å². The maximum absolute atomic E-state index is 12.5. The number of rotatable bonds is 7. The molecule has 7 nitrogen and oxygen atoms in total. The molecule has 1 amide bonds. The number of nitrogens with one attached hydrogen (secondary N) is 1. The Morgan fingerprint density at radius 1 is 1.23 bits per heavy atom. The van der Waals surface area contributed by atoms with Crippen molar-refractivity contribution in [3.05, 3.63) is 84.6 Å². The second kappa shape index (κ2) is 9.09. The Kier molecular flexibility index (Phi) is 5.90. The van der Waals surface area contributed by atoms with E-state index in [4.69, 9.17) is 5.26 Å². The smallest absolute Gasteiger partial charge is 0.244 e. The van der Waals surface area contributed by atoms with Gasteiger partial charge >= 0.3 is 0 Å². The molecule has 0 aliphatic rings. The summed E-state index contributed by atoms with van der Waals surface area (Å²) in [6.07, 6.45) is 8.93. The van der Waals surface area contributed by atoms with Gasteiger partial charge in [-0.1, -0.05) is 30.3 Å². The third-order valence-electron chi connectivity index (χ3n) is 5.13. The van der Waals surface area contributed by atoms with Crippen LogP contribution >= 0.6 is 0 Å². The molecule has 0 saturated heterocycles. The Bertz CT molecular complexity index is 1250. The molecule has 2 heterocycles. The Hall–Kier alpha value is -4.18. The molecule has 0 bridgehead atoms. The number of aryl methyl sites for hydroxylation is 1. The van der Waals surface area contributed by atoms with Crippen molar-refractivity contribution in [3.63, 3.8) is 0 Å². The van der Waals surface area contributed by atoms with Crippen LogP contribution in [-0.2, 0) is 11.3 Å². The first kappa shape index (κ1) is 20.1. The number of nitrogens with zero attached hydrogens (tertiary/aromatic N) is 5. The van der Waals surface area contributed by atoms with Crippen molar-refractivity contribution in [2.75, 3.05) is 0 Å². The van der Waals surface area contributed by atoms with Crippen molar-refractivity contribution in [3.8, 4) is 11.8 Å². The number of hydrogen-bond donors (Lipinski definition) is 1. The third kappa shape index (κ3) is 4.54. The average molecular weight is 410 g/mol. The monoisotopic (exact) mass is 410 g/mol. The molecule has 7 heteroatoms. The highest BCUT2D eigenvalue weighted by atomic mass is 16.1. The summed E-state index contributed by atoms with van der Waals surface area (Å²) < 4.78 is 3.73. The number of carbonyl (C=O) groups is 1. The number of para-hydroxylation sites is 1. The van der Waals surface area contributed by atoms with Gasteiger partial charge in [0, 0.05) is 35.3 Å². The fourth-order valence-corrected chi connectivity index (χ4v) is 3.53. The SMILES string of the molecule is CC(NC(=O)/C=C/c1cn(CCC#N)c2ccccc12)c1ccc(-n2cncn2)cc1. The first-order valence-corrected chi connectivity index (χ1v) is 10.0. The average Bonchev–Trinajstić information content (AvgIpc) is 3.45. The van der Waals surface area contributed by atoms with Crippen molar-refractivity contribution in [1.82, 2.24) is 24.6 Å². The Balaban J connectivity index is 1.44. The molecule has 2 aromatic heterocycles. The van der Waals surface area contributed by atoms with Gasteiger partial charge in [-0.15, -0.1) is 0 Å². The fourth-order valence-electron chi connectivity index (χ4n) is 3.53. The number of benzene rings is 2. The molecule has 0 radical (unpaired) electrons. The van der Waals surface area contributed by atoms with Crippen molar-refractivity contribution < 1.29 is 4.79 Å². The maximum atomic E-state index is 12.5. The summed E-state index contributed by atoms with van der Waals surface area (Å²) in [5.74, 6) is -0.165. The largest absolute Gasteiger partial charge is 0.346 e. The molecule has 1 N–H and O–H groups in total. The molecule has 0 aliphatic heterocycles. The lowest BCUT2D eigenvalue weighted by atomic mass is 10.1. The van der Waals surface area contributed by atoms with Gasteiger partial charge < -0.3 is 9.88 Å². The summed E-state index contributed by atoms with van der Waals surface area (Å²) in [5, 5.41) is 17.1. The van der Waals surface area contributed by atoms with Crippen LogP contribution in [0, 0.1) is 11.3 Å². The molecule has 1 unspecified atom stereocenters. The van der Waals surface area contributed by atoms with E-state index in [9.17, 15) is 4.79 Å². The third-order valence-corrected chi connectivity index (χ3v) is 5.13. The lowest BCUT2D eigenvalue weighted by Gasteiger charge is -2.13. The molecule has 0 fully saturated rings. The Morgan fingerprint density at radius 3 is 2.77 bits per heavy atom. The molecule has 0 spiro atoms. The predicted molar refractivity (Wildman–Crippen MR) is 119 cm³/mol. The minimum Gasteiger partial charge on any atom is -0.346 e. The van der Waals surface area contributed by atoms with Gasteiger partial charge in [0.25, 0.3) is 0 Å². The maximum Gasteiger partial charge on any atom is 0.244 e. The Morgan fingerprint density at radius 2 is 2.03 bits per heavy atom. The number of nitriles is 1. The summed E-state index contributed by atoms with van der Waals surface area (Å²) in [6.45, 7) is 2.57.